The smallest absolute Gasteiger partial charge is 0.435 e. The number of halogens is 1. The minimum absolute atomic E-state index is 0.377. The van der Waals surface area contributed by atoms with Crippen molar-refractivity contribution in [3.8, 4) is 0 Å². The van der Waals surface area contributed by atoms with Crippen molar-refractivity contribution in [1.29, 1.82) is 0 Å². The number of methoxy groups -OCH3 is 1. The van der Waals surface area contributed by atoms with Gasteiger partial charge in [-0.2, -0.15) is 9.78 Å². The maximum absolute atomic E-state index is 12.3. The van der Waals surface area contributed by atoms with Gasteiger partial charge in [-0.05, 0) is 39.0 Å². The average molecular weight is 337 g/mol. The van der Waals surface area contributed by atoms with Crippen LogP contribution in [-0.2, 0) is 14.3 Å². The Kier molecular flexibility index (Phi) is 4.75. The van der Waals surface area contributed by atoms with Crippen LogP contribution in [0.2, 0.25) is 5.02 Å². The molecule has 1 aromatic carbocycles. The van der Waals surface area contributed by atoms with Gasteiger partial charge in [0.05, 0.1) is 23.3 Å². The fraction of sp³-hybridized carbons (Fsp3) is 0.312. The summed E-state index contributed by atoms with van der Waals surface area (Å²) in [5.74, 6) is -0.531. The maximum atomic E-state index is 12.3. The molecule has 0 bridgehead atoms. The molecule has 0 fully saturated rings. The van der Waals surface area contributed by atoms with Gasteiger partial charge < -0.3 is 9.47 Å². The molecule has 7 heteroatoms. The number of carbonyl (C=O) groups excluding carboxylic acids is 2. The van der Waals surface area contributed by atoms with Crippen LogP contribution in [0, 0.1) is 0 Å². The lowest BCUT2D eigenvalue weighted by Crippen LogP contribution is -2.27. The van der Waals surface area contributed by atoms with E-state index in [1.54, 1.807) is 39.0 Å². The second-order valence-electron chi connectivity index (χ2n) is 5.77. The molecule has 0 atom stereocenters. The van der Waals surface area contributed by atoms with Gasteiger partial charge in [-0.25, -0.2) is 9.59 Å². The highest BCUT2D eigenvalue weighted by Crippen LogP contribution is 2.28. The lowest BCUT2D eigenvalue weighted by Gasteiger charge is -2.19. The molecule has 0 N–H and O–H groups in total. The highest BCUT2D eigenvalue weighted by atomic mass is 35.5. The van der Waals surface area contributed by atoms with Crippen LogP contribution in [0.3, 0.4) is 0 Å². The van der Waals surface area contributed by atoms with E-state index in [2.05, 4.69) is 9.84 Å². The molecule has 1 heterocycles. The third-order valence-electron chi connectivity index (χ3n) is 2.83. The molecule has 0 unspecified atom stereocenters. The second kappa shape index (κ2) is 6.42. The van der Waals surface area contributed by atoms with E-state index in [4.69, 9.17) is 16.3 Å². The van der Waals surface area contributed by atoms with E-state index in [0.29, 0.717) is 21.6 Å². The first-order valence-electron chi connectivity index (χ1n) is 6.89. The largest absolute Gasteiger partial charge is 0.466 e. The summed E-state index contributed by atoms with van der Waals surface area (Å²) < 4.78 is 11.0. The SMILES string of the molecule is COC(=O)C=Cc1nn(C(=O)OC(C)(C)C)c2cccc(Cl)c12. The van der Waals surface area contributed by atoms with E-state index in [9.17, 15) is 9.59 Å². The quantitative estimate of drug-likeness (QED) is 0.618. The van der Waals surface area contributed by atoms with Gasteiger partial charge in [0.25, 0.3) is 0 Å². The normalized spacial score (nSPS) is 11.9. The molecular formula is C16H17ClN2O4. The zero-order valence-electron chi connectivity index (χ0n) is 13.3. The number of fused-ring (bicyclic) bond motifs is 1. The van der Waals surface area contributed by atoms with Crippen molar-refractivity contribution in [3.63, 3.8) is 0 Å². The molecule has 0 aliphatic carbocycles. The van der Waals surface area contributed by atoms with Crippen LogP contribution < -0.4 is 0 Å². The number of esters is 1. The zero-order chi connectivity index (χ0) is 17.2. The van der Waals surface area contributed by atoms with Crippen molar-refractivity contribution in [1.82, 2.24) is 9.78 Å². The highest BCUT2D eigenvalue weighted by molar-refractivity contribution is 6.36. The number of carbonyl (C=O) groups is 2. The summed E-state index contributed by atoms with van der Waals surface area (Å²) in [6.45, 7) is 5.30. The number of ether oxygens (including phenoxy) is 2. The highest BCUT2D eigenvalue weighted by Gasteiger charge is 2.22. The molecule has 0 spiro atoms. The minimum atomic E-state index is -0.657. The number of hydrogen-bond acceptors (Lipinski definition) is 5. The van der Waals surface area contributed by atoms with Gasteiger partial charge in [-0.3, -0.25) is 0 Å². The van der Waals surface area contributed by atoms with Crippen LogP contribution in [0.15, 0.2) is 24.3 Å². The molecule has 0 aliphatic heterocycles. The van der Waals surface area contributed by atoms with Crippen molar-refractivity contribution in [2.75, 3.05) is 7.11 Å². The van der Waals surface area contributed by atoms with E-state index < -0.39 is 17.7 Å². The molecule has 0 saturated carbocycles. The van der Waals surface area contributed by atoms with Crippen molar-refractivity contribution in [3.05, 3.63) is 35.0 Å². The van der Waals surface area contributed by atoms with Gasteiger partial charge in [0, 0.05) is 11.5 Å². The van der Waals surface area contributed by atoms with Gasteiger partial charge >= 0.3 is 12.1 Å². The molecule has 0 amide bonds. The van der Waals surface area contributed by atoms with Gasteiger partial charge in [0.15, 0.2) is 0 Å². The molecule has 23 heavy (non-hydrogen) atoms. The molecule has 1 aromatic heterocycles. The predicted molar refractivity (Wildman–Crippen MR) is 87.4 cm³/mol. The van der Waals surface area contributed by atoms with Crippen LogP contribution in [0.1, 0.15) is 26.5 Å². The third kappa shape index (κ3) is 3.90. The second-order valence-corrected chi connectivity index (χ2v) is 6.18. The number of rotatable bonds is 2. The maximum Gasteiger partial charge on any atom is 0.435 e. The fourth-order valence-corrected chi connectivity index (χ4v) is 2.20. The Hall–Kier alpha value is -2.34. The first-order valence-corrected chi connectivity index (χ1v) is 7.27. The van der Waals surface area contributed by atoms with Crippen LogP contribution in [-0.4, -0.2) is 34.6 Å². The van der Waals surface area contributed by atoms with Crippen LogP contribution in [0.25, 0.3) is 17.0 Å². The topological polar surface area (TPSA) is 70.4 Å². The lowest BCUT2D eigenvalue weighted by atomic mass is 10.2. The van der Waals surface area contributed by atoms with Gasteiger partial charge in [-0.15, -0.1) is 0 Å². The van der Waals surface area contributed by atoms with Crippen molar-refractivity contribution in [2.45, 2.75) is 26.4 Å². The van der Waals surface area contributed by atoms with Crippen LogP contribution >= 0.6 is 11.6 Å². The van der Waals surface area contributed by atoms with Crippen molar-refractivity contribution >= 4 is 40.6 Å². The number of benzene rings is 1. The van der Waals surface area contributed by atoms with Gasteiger partial charge in [-0.1, -0.05) is 17.7 Å². The average Bonchev–Trinajstić information content (AvgIpc) is 2.83. The first-order chi connectivity index (χ1) is 10.7. The molecule has 0 radical (unpaired) electrons. The van der Waals surface area contributed by atoms with Crippen LogP contribution in [0.5, 0.6) is 0 Å². The Bertz CT molecular complexity index is 787. The standard InChI is InChI=1S/C16H17ClN2O4/c1-16(2,3)23-15(21)19-12-7-5-6-10(17)14(12)11(18-19)8-9-13(20)22-4/h5-9H,1-4H3. The van der Waals surface area contributed by atoms with E-state index in [1.165, 1.54) is 19.3 Å². The lowest BCUT2D eigenvalue weighted by molar-refractivity contribution is -0.134. The molecule has 0 saturated heterocycles. The molecule has 0 aliphatic rings. The van der Waals surface area contributed by atoms with E-state index in [0.717, 1.165) is 4.68 Å². The van der Waals surface area contributed by atoms with E-state index in [-0.39, 0.29) is 0 Å². The van der Waals surface area contributed by atoms with Gasteiger partial charge in [0.1, 0.15) is 5.60 Å². The van der Waals surface area contributed by atoms with Crippen molar-refractivity contribution < 1.29 is 19.1 Å². The van der Waals surface area contributed by atoms with E-state index >= 15 is 0 Å². The van der Waals surface area contributed by atoms with Gasteiger partial charge in [0.2, 0.25) is 0 Å². The Balaban J connectivity index is 2.55. The zero-order valence-corrected chi connectivity index (χ0v) is 14.0. The summed E-state index contributed by atoms with van der Waals surface area (Å²) >= 11 is 6.21. The molecule has 2 rings (SSSR count). The summed E-state index contributed by atoms with van der Waals surface area (Å²) in [6.07, 6.45) is 2.04. The minimum Gasteiger partial charge on any atom is -0.466 e. The summed E-state index contributed by atoms with van der Waals surface area (Å²) in [6, 6.07) is 5.09. The Labute approximate surface area is 138 Å². The Morgan fingerprint density at radius 1 is 1.30 bits per heavy atom. The molecule has 122 valence electrons. The third-order valence-corrected chi connectivity index (χ3v) is 3.14. The van der Waals surface area contributed by atoms with E-state index in [1.807, 2.05) is 0 Å². The molecule has 2 aromatic rings. The summed E-state index contributed by atoms with van der Waals surface area (Å²) in [5.41, 5.74) is 0.216. The fourth-order valence-electron chi connectivity index (χ4n) is 1.93. The summed E-state index contributed by atoms with van der Waals surface area (Å²) in [4.78, 5) is 23.6. The monoisotopic (exact) mass is 336 g/mol. The predicted octanol–water partition coefficient (Wildman–Crippen LogP) is 3.66. The number of hydrogen-bond donors (Lipinski definition) is 0. The summed E-state index contributed by atoms with van der Waals surface area (Å²) in [7, 11) is 1.27. The number of nitrogens with zero attached hydrogens (tertiary/aromatic N) is 2. The first kappa shape index (κ1) is 17.0. The molecular weight excluding hydrogens is 320 g/mol. The Morgan fingerprint density at radius 3 is 2.61 bits per heavy atom. The van der Waals surface area contributed by atoms with Crippen LogP contribution in [0.4, 0.5) is 4.79 Å². The Morgan fingerprint density at radius 2 is 2.00 bits per heavy atom. The number of aromatic nitrogens is 2. The van der Waals surface area contributed by atoms with Crippen molar-refractivity contribution in [2.24, 2.45) is 0 Å². The molecule has 6 nitrogen and oxygen atoms in total. The summed E-state index contributed by atoms with van der Waals surface area (Å²) in [5, 5.41) is 5.18.